The number of hydrogen-bond acceptors (Lipinski definition) is 4. The minimum absolute atomic E-state index is 0. The van der Waals surface area contributed by atoms with Crippen molar-refractivity contribution in [3.05, 3.63) is 0 Å². The second-order valence-electron chi connectivity index (χ2n) is 7.32. The molecule has 0 bridgehead atoms. The van der Waals surface area contributed by atoms with Crippen molar-refractivity contribution in [3.63, 3.8) is 0 Å². The highest BCUT2D eigenvalue weighted by Crippen LogP contribution is 2.62. The van der Waals surface area contributed by atoms with E-state index in [9.17, 15) is 14.4 Å². The van der Waals surface area contributed by atoms with E-state index in [-0.39, 0.29) is 48.0 Å². The Morgan fingerprint density at radius 3 is 2.61 bits per heavy atom. The van der Waals surface area contributed by atoms with Crippen molar-refractivity contribution < 1.29 is 14.4 Å². The highest BCUT2D eigenvalue weighted by Gasteiger charge is 2.65. The van der Waals surface area contributed by atoms with Crippen LogP contribution in [0.15, 0.2) is 0 Å². The Labute approximate surface area is 141 Å². The molecule has 130 valence electrons. The first-order valence-electron chi connectivity index (χ1n) is 7.93. The van der Waals surface area contributed by atoms with Crippen molar-refractivity contribution in [1.29, 1.82) is 0 Å². The number of nitrogens with two attached hydrogens (primary N) is 1. The molecule has 0 aromatic rings. The van der Waals surface area contributed by atoms with Gasteiger partial charge in [0, 0.05) is 12.5 Å². The molecule has 3 aliphatic rings. The summed E-state index contributed by atoms with van der Waals surface area (Å²) in [7, 11) is 0. The molecule has 3 fully saturated rings. The third kappa shape index (κ3) is 3.17. The minimum Gasteiger partial charge on any atom is -0.368 e. The quantitative estimate of drug-likeness (QED) is 0.520. The number of amides is 3. The fourth-order valence-corrected chi connectivity index (χ4v) is 4.14. The van der Waals surface area contributed by atoms with Crippen LogP contribution in [-0.4, -0.2) is 42.9 Å². The second kappa shape index (κ2) is 6.28. The van der Waals surface area contributed by atoms with E-state index in [1.165, 1.54) is 0 Å². The number of rotatable bonds is 5. The topological polar surface area (TPSA) is 113 Å². The average molecular weight is 345 g/mol. The van der Waals surface area contributed by atoms with E-state index in [4.69, 9.17) is 5.73 Å². The maximum Gasteiger partial charge on any atom is 0.240 e. The second-order valence-corrected chi connectivity index (χ2v) is 7.32. The van der Waals surface area contributed by atoms with E-state index < -0.39 is 11.9 Å². The van der Waals surface area contributed by atoms with Crippen LogP contribution < -0.4 is 21.7 Å². The summed E-state index contributed by atoms with van der Waals surface area (Å²) in [6.07, 6.45) is 0.953. The highest BCUT2D eigenvalue weighted by molar-refractivity contribution is 5.90. The lowest BCUT2D eigenvalue weighted by Gasteiger charge is -2.23. The summed E-state index contributed by atoms with van der Waals surface area (Å²) < 4.78 is 0. The molecule has 2 unspecified atom stereocenters. The summed E-state index contributed by atoms with van der Waals surface area (Å²) in [6, 6.07) is -1.05. The molecule has 2 aliphatic heterocycles. The molecule has 0 aromatic heterocycles. The molecule has 0 radical (unpaired) electrons. The lowest BCUT2D eigenvalue weighted by molar-refractivity contribution is -0.130. The van der Waals surface area contributed by atoms with Gasteiger partial charge in [0.05, 0.1) is 6.04 Å². The zero-order valence-electron chi connectivity index (χ0n) is 13.4. The molecule has 2 heterocycles. The van der Waals surface area contributed by atoms with Gasteiger partial charge in [-0.3, -0.25) is 14.4 Å². The molecule has 7 nitrogen and oxygen atoms in total. The van der Waals surface area contributed by atoms with E-state index in [1.54, 1.807) is 0 Å². The average Bonchev–Trinajstić information content (AvgIpc) is 2.85. The van der Waals surface area contributed by atoms with Crippen LogP contribution in [0.25, 0.3) is 0 Å². The molecule has 1 saturated carbocycles. The number of carbonyl (C=O) groups is 3. The molecular formula is C15H25ClN4O3. The maximum absolute atomic E-state index is 12.5. The van der Waals surface area contributed by atoms with E-state index in [2.05, 4.69) is 29.8 Å². The minimum atomic E-state index is -0.788. The van der Waals surface area contributed by atoms with E-state index in [0.29, 0.717) is 24.8 Å². The number of nitrogens with one attached hydrogen (secondary N) is 3. The molecule has 8 heteroatoms. The van der Waals surface area contributed by atoms with Crippen LogP contribution in [0.2, 0.25) is 0 Å². The van der Waals surface area contributed by atoms with Gasteiger partial charge in [-0.2, -0.15) is 0 Å². The van der Waals surface area contributed by atoms with E-state index >= 15 is 0 Å². The molecule has 5 N–H and O–H groups in total. The summed E-state index contributed by atoms with van der Waals surface area (Å²) in [5.41, 5.74) is 5.58. The fourth-order valence-electron chi connectivity index (χ4n) is 4.14. The van der Waals surface area contributed by atoms with Crippen molar-refractivity contribution in [2.75, 3.05) is 13.1 Å². The van der Waals surface area contributed by atoms with Gasteiger partial charge in [0.15, 0.2) is 0 Å². The van der Waals surface area contributed by atoms with Crippen LogP contribution >= 0.6 is 12.4 Å². The normalized spacial score (nSPS) is 34.8. The third-order valence-electron chi connectivity index (χ3n) is 5.68. The van der Waals surface area contributed by atoms with Crippen LogP contribution in [0.4, 0.5) is 0 Å². The van der Waals surface area contributed by atoms with Crippen molar-refractivity contribution in [3.8, 4) is 0 Å². The highest BCUT2D eigenvalue weighted by atomic mass is 35.5. The number of halogens is 1. The van der Waals surface area contributed by atoms with Crippen LogP contribution in [0.3, 0.4) is 0 Å². The summed E-state index contributed by atoms with van der Waals surface area (Å²) in [4.78, 5) is 35.7. The number of hydrogen-bond donors (Lipinski definition) is 4. The summed E-state index contributed by atoms with van der Waals surface area (Å²) in [5.74, 6) is -0.244. The largest absolute Gasteiger partial charge is 0.368 e. The lowest BCUT2D eigenvalue weighted by atomic mass is 9.97. The summed E-state index contributed by atoms with van der Waals surface area (Å²) in [6.45, 7) is 5.78. The van der Waals surface area contributed by atoms with E-state index in [1.807, 2.05) is 0 Å². The monoisotopic (exact) mass is 344 g/mol. The van der Waals surface area contributed by atoms with Gasteiger partial charge in [-0.05, 0) is 36.6 Å². The molecule has 0 spiro atoms. The molecule has 23 heavy (non-hydrogen) atoms. The molecule has 2 saturated heterocycles. The SMILES string of the molecule is CC1(C)[C@@H]2[C@@H](C(=O)NC(CC3CCNC3=O)C(N)=O)NC[C@@H]21.Cl. The molecule has 0 aromatic carbocycles. The van der Waals surface area contributed by atoms with Crippen molar-refractivity contribution in [2.24, 2.45) is 28.9 Å². The molecule has 5 atom stereocenters. The van der Waals surface area contributed by atoms with Gasteiger partial charge < -0.3 is 21.7 Å². The predicted molar refractivity (Wildman–Crippen MR) is 86.7 cm³/mol. The Bertz CT molecular complexity index is 525. The van der Waals surface area contributed by atoms with Crippen molar-refractivity contribution in [1.82, 2.24) is 16.0 Å². The first kappa shape index (κ1) is 18.0. The van der Waals surface area contributed by atoms with Crippen molar-refractivity contribution in [2.45, 2.75) is 38.8 Å². The Balaban J connectivity index is 0.00000192. The van der Waals surface area contributed by atoms with Crippen molar-refractivity contribution >= 4 is 30.1 Å². The molecule has 3 amide bonds. The number of piperidine rings is 1. The van der Waals surface area contributed by atoms with Gasteiger partial charge in [-0.1, -0.05) is 13.8 Å². The van der Waals surface area contributed by atoms with Gasteiger partial charge in [-0.15, -0.1) is 12.4 Å². The summed E-state index contributed by atoms with van der Waals surface area (Å²) in [5, 5.41) is 8.69. The standard InChI is InChI=1S/C15H24N4O3.ClH/c1-15(2)8-6-18-11(10(8)15)14(22)19-9(12(16)20)5-7-3-4-17-13(7)21;/h7-11,18H,3-6H2,1-2H3,(H2,16,20)(H,17,21)(H,19,22);1H/t7?,8-,9?,10-,11-;/m0./s1. The maximum atomic E-state index is 12.5. The zero-order chi connectivity index (χ0) is 16.1. The van der Waals surface area contributed by atoms with Crippen LogP contribution in [0.5, 0.6) is 0 Å². The predicted octanol–water partition coefficient (Wildman–Crippen LogP) is -0.851. The Hall–Kier alpha value is -1.34. The third-order valence-corrected chi connectivity index (χ3v) is 5.68. The van der Waals surface area contributed by atoms with Gasteiger partial charge in [0.1, 0.15) is 6.04 Å². The van der Waals surface area contributed by atoms with Crippen LogP contribution in [0, 0.1) is 23.2 Å². The first-order chi connectivity index (χ1) is 10.3. The Morgan fingerprint density at radius 2 is 2.13 bits per heavy atom. The molecule has 1 aliphatic carbocycles. The van der Waals surface area contributed by atoms with Gasteiger partial charge in [0.25, 0.3) is 0 Å². The lowest BCUT2D eigenvalue weighted by Crippen LogP contribution is -2.52. The summed E-state index contributed by atoms with van der Waals surface area (Å²) >= 11 is 0. The number of fused-ring (bicyclic) bond motifs is 1. The van der Waals surface area contributed by atoms with Crippen LogP contribution in [0.1, 0.15) is 26.7 Å². The van der Waals surface area contributed by atoms with Crippen LogP contribution in [-0.2, 0) is 14.4 Å². The zero-order valence-corrected chi connectivity index (χ0v) is 14.2. The van der Waals surface area contributed by atoms with E-state index in [0.717, 1.165) is 6.54 Å². The Morgan fingerprint density at radius 1 is 1.43 bits per heavy atom. The number of carbonyl (C=O) groups excluding carboxylic acids is 3. The Kier molecular flexibility index (Phi) is 4.92. The molecular weight excluding hydrogens is 320 g/mol. The number of primary amides is 1. The van der Waals surface area contributed by atoms with Gasteiger partial charge >= 0.3 is 0 Å². The first-order valence-corrected chi connectivity index (χ1v) is 7.93. The fraction of sp³-hybridized carbons (Fsp3) is 0.800. The smallest absolute Gasteiger partial charge is 0.240 e. The van der Waals surface area contributed by atoms with Gasteiger partial charge in [-0.25, -0.2) is 0 Å². The molecule has 3 rings (SSSR count). The van der Waals surface area contributed by atoms with Gasteiger partial charge in [0.2, 0.25) is 17.7 Å².